The largest absolute Gasteiger partial charge is 0.387 e. The maximum absolute atomic E-state index is 11.3. The van der Waals surface area contributed by atoms with E-state index < -0.39 is 42.6 Å². The van der Waals surface area contributed by atoms with Crippen LogP contribution >= 0.6 is 0 Å². The zero-order chi connectivity index (χ0) is 11.7. The summed E-state index contributed by atoms with van der Waals surface area (Å²) >= 11 is 0. The lowest BCUT2D eigenvalue weighted by Crippen LogP contribution is -2.60. The molecule has 7 nitrogen and oxygen atoms in total. The van der Waals surface area contributed by atoms with E-state index in [-0.39, 0.29) is 0 Å². The molecular formula is C8H14O7. The quantitative estimate of drug-likeness (QED) is 0.332. The second-order valence-corrected chi connectivity index (χ2v) is 3.50. The number of carbonyl (C=O) groups excluding carboxylic acids is 1. The molecule has 88 valence electrons. The fourth-order valence-electron chi connectivity index (χ4n) is 1.33. The monoisotopic (exact) mass is 222 g/mol. The van der Waals surface area contributed by atoms with Gasteiger partial charge in [0.25, 0.3) is 0 Å². The third kappa shape index (κ3) is 2.33. The number of hydrogen-bond donors (Lipinski definition) is 5. The minimum atomic E-state index is -1.77. The molecule has 6 atom stereocenters. The Morgan fingerprint density at radius 1 is 1.13 bits per heavy atom. The van der Waals surface area contributed by atoms with Crippen LogP contribution in [-0.4, -0.2) is 68.1 Å². The normalized spacial score (nSPS) is 43.7. The molecule has 0 amide bonds. The zero-order valence-electron chi connectivity index (χ0n) is 8.02. The van der Waals surface area contributed by atoms with Crippen LogP contribution in [0.2, 0.25) is 0 Å². The molecule has 0 aromatic carbocycles. The Hall–Kier alpha value is -0.570. The van der Waals surface area contributed by atoms with Crippen molar-refractivity contribution < 1.29 is 35.1 Å². The highest BCUT2D eigenvalue weighted by molar-refractivity contribution is 5.87. The Bertz CT molecular complexity index is 241. The zero-order valence-corrected chi connectivity index (χ0v) is 8.02. The highest BCUT2D eigenvalue weighted by Gasteiger charge is 2.46. The molecule has 0 saturated carbocycles. The lowest BCUT2D eigenvalue weighted by Gasteiger charge is -2.37. The SMILES string of the molecule is CC(O)C(=O)[C@H]1O[C@H](O)[C@H](O)[C@@H](O)[C@H]1O. The molecule has 1 rings (SSSR count). The van der Waals surface area contributed by atoms with Crippen molar-refractivity contribution in [3.8, 4) is 0 Å². The summed E-state index contributed by atoms with van der Waals surface area (Å²) in [6.07, 6.45) is -9.75. The number of aliphatic hydroxyl groups is 5. The lowest BCUT2D eigenvalue weighted by atomic mass is 9.94. The van der Waals surface area contributed by atoms with E-state index in [9.17, 15) is 15.0 Å². The molecule has 0 aromatic rings. The summed E-state index contributed by atoms with van der Waals surface area (Å²) in [5.41, 5.74) is 0. The van der Waals surface area contributed by atoms with Crippen LogP contribution in [0.15, 0.2) is 0 Å². The van der Waals surface area contributed by atoms with Gasteiger partial charge in [-0.05, 0) is 6.92 Å². The van der Waals surface area contributed by atoms with E-state index in [1.807, 2.05) is 0 Å². The molecule has 0 aromatic heterocycles. The van der Waals surface area contributed by atoms with E-state index >= 15 is 0 Å². The van der Waals surface area contributed by atoms with Crippen molar-refractivity contribution in [2.24, 2.45) is 0 Å². The molecule has 0 bridgehead atoms. The van der Waals surface area contributed by atoms with E-state index in [1.54, 1.807) is 0 Å². The van der Waals surface area contributed by atoms with Gasteiger partial charge < -0.3 is 30.3 Å². The summed E-state index contributed by atoms with van der Waals surface area (Å²) in [6, 6.07) is 0. The molecule has 1 aliphatic heterocycles. The average molecular weight is 222 g/mol. The number of ether oxygens (including phenoxy) is 1. The molecule has 5 N–H and O–H groups in total. The minimum absolute atomic E-state index is 0.868. The van der Waals surface area contributed by atoms with E-state index in [1.165, 1.54) is 6.92 Å². The number of carbonyl (C=O) groups is 1. The Morgan fingerprint density at radius 2 is 1.67 bits per heavy atom. The van der Waals surface area contributed by atoms with Gasteiger partial charge in [0.15, 0.2) is 18.2 Å². The molecule has 1 saturated heterocycles. The average Bonchev–Trinajstić information content (AvgIpc) is 2.19. The van der Waals surface area contributed by atoms with Crippen molar-refractivity contribution >= 4 is 5.78 Å². The van der Waals surface area contributed by atoms with Gasteiger partial charge in [-0.1, -0.05) is 0 Å². The van der Waals surface area contributed by atoms with Gasteiger partial charge in [0, 0.05) is 0 Å². The third-order valence-electron chi connectivity index (χ3n) is 2.28. The maximum Gasteiger partial charge on any atom is 0.192 e. The lowest BCUT2D eigenvalue weighted by molar-refractivity contribution is -0.276. The number of rotatable bonds is 2. The molecule has 1 heterocycles. The first kappa shape index (κ1) is 12.5. The van der Waals surface area contributed by atoms with Gasteiger partial charge in [0.1, 0.15) is 24.4 Å². The first-order valence-corrected chi connectivity index (χ1v) is 4.45. The van der Waals surface area contributed by atoms with Crippen LogP contribution < -0.4 is 0 Å². The smallest absolute Gasteiger partial charge is 0.192 e. The van der Waals surface area contributed by atoms with Gasteiger partial charge in [-0.25, -0.2) is 0 Å². The number of aliphatic hydroxyl groups excluding tert-OH is 5. The van der Waals surface area contributed by atoms with Gasteiger partial charge in [-0.3, -0.25) is 4.79 Å². The summed E-state index contributed by atoms with van der Waals surface area (Å²) in [6.45, 7) is 1.17. The Balaban J connectivity index is 2.79. The molecule has 1 fully saturated rings. The first-order valence-electron chi connectivity index (χ1n) is 4.45. The van der Waals surface area contributed by atoms with Gasteiger partial charge >= 0.3 is 0 Å². The van der Waals surface area contributed by atoms with Gasteiger partial charge in [0.2, 0.25) is 0 Å². The summed E-state index contributed by atoms with van der Waals surface area (Å²) < 4.78 is 4.59. The predicted octanol–water partition coefficient (Wildman–Crippen LogP) is -3.26. The third-order valence-corrected chi connectivity index (χ3v) is 2.28. The molecule has 0 aliphatic carbocycles. The first-order chi connectivity index (χ1) is 6.86. The van der Waals surface area contributed by atoms with Crippen LogP contribution in [-0.2, 0) is 9.53 Å². The summed E-state index contributed by atoms with van der Waals surface area (Å²) in [7, 11) is 0. The Labute approximate surface area is 85.5 Å². The maximum atomic E-state index is 11.3. The van der Waals surface area contributed by atoms with Crippen molar-refractivity contribution in [1.82, 2.24) is 0 Å². The summed E-state index contributed by atoms with van der Waals surface area (Å²) in [5.74, 6) is -0.868. The van der Waals surface area contributed by atoms with E-state index in [2.05, 4.69) is 4.74 Å². The fourth-order valence-corrected chi connectivity index (χ4v) is 1.33. The molecule has 7 heteroatoms. The van der Waals surface area contributed by atoms with Crippen LogP contribution in [0.25, 0.3) is 0 Å². The van der Waals surface area contributed by atoms with Crippen molar-refractivity contribution in [2.75, 3.05) is 0 Å². The van der Waals surface area contributed by atoms with Crippen molar-refractivity contribution in [1.29, 1.82) is 0 Å². The van der Waals surface area contributed by atoms with Crippen molar-refractivity contribution in [3.63, 3.8) is 0 Å². The molecule has 0 spiro atoms. The Kier molecular flexibility index (Phi) is 3.77. The minimum Gasteiger partial charge on any atom is -0.387 e. The number of Topliss-reactive ketones (excluding diaryl/α,β-unsaturated/α-hetero) is 1. The van der Waals surface area contributed by atoms with E-state index in [0.717, 1.165) is 0 Å². The topological polar surface area (TPSA) is 127 Å². The molecule has 0 radical (unpaired) electrons. The van der Waals surface area contributed by atoms with Gasteiger partial charge in [0.05, 0.1) is 0 Å². The standard InChI is InChI=1S/C8H14O7/c1-2(9)3(10)7-5(12)4(11)6(13)8(14)15-7/h2,4-9,11-14H,1H3/t2?,4-,5+,6+,7+,8-/m0/s1. The molecular weight excluding hydrogens is 208 g/mol. The second-order valence-electron chi connectivity index (χ2n) is 3.50. The molecule has 1 aliphatic rings. The van der Waals surface area contributed by atoms with Gasteiger partial charge in [-0.2, -0.15) is 0 Å². The Morgan fingerprint density at radius 3 is 2.13 bits per heavy atom. The van der Waals surface area contributed by atoms with E-state index in [0.29, 0.717) is 0 Å². The fraction of sp³-hybridized carbons (Fsp3) is 0.875. The number of hydrogen-bond acceptors (Lipinski definition) is 7. The van der Waals surface area contributed by atoms with Crippen molar-refractivity contribution in [3.05, 3.63) is 0 Å². The van der Waals surface area contributed by atoms with Crippen LogP contribution in [0.5, 0.6) is 0 Å². The summed E-state index contributed by atoms with van der Waals surface area (Å²) in [5, 5.41) is 45.8. The van der Waals surface area contributed by atoms with Crippen LogP contribution in [0.3, 0.4) is 0 Å². The van der Waals surface area contributed by atoms with Crippen LogP contribution in [0, 0.1) is 0 Å². The van der Waals surface area contributed by atoms with Crippen molar-refractivity contribution in [2.45, 2.75) is 43.7 Å². The molecule has 15 heavy (non-hydrogen) atoms. The van der Waals surface area contributed by atoms with Crippen LogP contribution in [0.1, 0.15) is 6.92 Å². The predicted molar refractivity (Wildman–Crippen MR) is 45.6 cm³/mol. The molecule has 1 unspecified atom stereocenters. The second kappa shape index (κ2) is 4.52. The van der Waals surface area contributed by atoms with Gasteiger partial charge in [-0.15, -0.1) is 0 Å². The highest BCUT2D eigenvalue weighted by atomic mass is 16.6. The van der Waals surface area contributed by atoms with Crippen LogP contribution in [0.4, 0.5) is 0 Å². The number of ketones is 1. The summed E-state index contributed by atoms with van der Waals surface area (Å²) in [4.78, 5) is 11.3. The van der Waals surface area contributed by atoms with E-state index in [4.69, 9.17) is 15.3 Å². The highest BCUT2D eigenvalue weighted by Crippen LogP contribution is 2.21.